The molecule has 0 aromatic heterocycles. The van der Waals surface area contributed by atoms with Crippen LogP contribution in [0.2, 0.25) is 0 Å². The first-order chi connectivity index (χ1) is 9.07. The number of non-ortho nitro benzene ring substituents is 1. The van der Waals surface area contributed by atoms with E-state index in [0.717, 1.165) is 18.6 Å². The lowest BCUT2D eigenvalue weighted by atomic mass is 9.90. The largest absolute Gasteiger partial charge is 0.418 e. The third-order valence-electron chi connectivity index (χ3n) is 3.23. The van der Waals surface area contributed by atoms with E-state index in [1.807, 2.05) is 20.8 Å². The monoisotopic (exact) mass is 290 g/mol. The Morgan fingerprint density at radius 3 is 2.35 bits per heavy atom. The predicted octanol–water partition coefficient (Wildman–Crippen LogP) is 4.46. The van der Waals surface area contributed by atoms with Crippen LogP contribution in [0, 0.1) is 15.5 Å². The second kappa shape index (κ2) is 5.68. The molecule has 1 aromatic carbocycles. The quantitative estimate of drug-likeness (QED) is 0.643. The van der Waals surface area contributed by atoms with Gasteiger partial charge in [-0.25, -0.2) is 0 Å². The molecule has 0 bridgehead atoms. The summed E-state index contributed by atoms with van der Waals surface area (Å²) in [7, 11) is 0. The molecular formula is C13H17F3N2O2. The molecule has 0 atom stereocenters. The maximum absolute atomic E-state index is 12.9. The molecule has 4 nitrogen and oxygen atoms in total. The van der Waals surface area contributed by atoms with Crippen LogP contribution in [0.5, 0.6) is 0 Å². The number of rotatable bonds is 5. The third-order valence-corrected chi connectivity index (χ3v) is 3.23. The summed E-state index contributed by atoms with van der Waals surface area (Å²) >= 11 is 0. The van der Waals surface area contributed by atoms with E-state index >= 15 is 0 Å². The minimum atomic E-state index is -4.63. The lowest BCUT2D eigenvalue weighted by molar-refractivity contribution is -0.385. The van der Waals surface area contributed by atoms with Crippen molar-refractivity contribution in [2.24, 2.45) is 5.41 Å². The van der Waals surface area contributed by atoms with Gasteiger partial charge < -0.3 is 5.32 Å². The normalized spacial score (nSPS) is 12.3. The Labute approximate surface area is 115 Å². The zero-order valence-corrected chi connectivity index (χ0v) is 11.5. The highest BCUT2D eigenvalue weighted by Crippen LogP contribution is 2.37. The lowest BCUT2D eigenvalue weighted by Gasteiger charge is -2.24. The van der Waals surface area contributed by atoms with Gasteiger partial charge >= 0.3 is 6.18 Å². The highest BCUT2D eigenvalue weighted by atomic mass is 19.4. The zero-order valence-electron chi connectivity index (χ0n) is 11.5. The van der Waals surface area contributed by atoms with Crippen LogP contribution in [0.25, 0.3) is 0 Å². The predicted molar refractivity (Wildman–Crippen MR) is 70.7 cm³/mol. The first-order valence-corrected chi connectivity index (χ1v) is 6.16. The zero-order chi connectivity index (χ0) is 15.6. The molecule has 0 saturated carbocycles. The van der Waals surface area contributed by atoms with Crippen LogP contribution in [0.3, 0.4) is 0 Å². The van der Waals surface area contributed by atoms with Crippen molar-refractivity contribution in [2.75, 3.05) is 11.9 Å². The topological polar surface area (TPSA) is 55.2 Å². The number of nitro groups is 1. The molecule has 0 unspecified atom stereocenters. The fourth-order valence-corrected chi connectivity index (χ4v) is 1.49. The van der Waals surface area contributed by atoms with Gasteiger partial charge in [0.2, 0.25) is 0 Å². The molecule has 7 heteroatoms. The molecule has 0 fully saturated rings. The van der Waals surface area contributed by atoms with Crippen molar-refractivity contribution in [1.82, 2.24) is 0 Å². The summed E-state index contributed by atoms with van der Waals surface area (Å²) in [5.74, 6) is 0. The summed E-state index contributed by atoms with van der Waals surface area (Å²) in [6, 6.07) is 2.73. The molecule has 0 aliphatic heterocycles. The Balaban J connectivity index is 3.10. The number of nitrogens with zero attached hydrogens (tertiary/aromatic N) is 1. The Kier molecular flexibility index (Phi) is 4.62. The van der Waals surface area contributed by atoms with Crippen LogP contribution in [0.15, 0.2) is 18.2 Å². The number of nitrogens with one attached hydrogen (secondary N) is 1. The fourth-order valence-electron chi connectivity index (χ4n) is 1.49. The van der Waals surface area contributed by atoms with Crippen molar-refractivity contribution < 1.29 is 18.1 Å². The summed E-state index contributed by atoms with van der Waals surface area (Å²) in [6.45, 7) is 6.16. The number of halogens is 3. The smallest absolute Gasteiger partial charge is 0.384 e. The van der Waals surface area contributed by atoms with Crippen LogP contribution < -0.4 is 5.32 Å². The molecular weight excluding hydrogens is 273 g/mol. The molecule has 112 valence electrons. The Morgan fingerprint density at radius 1 is 1.30 bits per heavy atom. The van der Waals surface area contributed by atoms with Crippen LogP contribution in [0.1, 0.15) is 32.8 Å². The molecule has 20 heavy (non-hydrogen) atoms. The molecule has 0 spiro atoms. The summed E-state index contributed by atoms with van der Waals surface area (Å²) in [6.07, 6.45) is -3.83. The lowest BCUT2D eigenvalue weighted by Crippen LogP contribution is -2.23. The van der Waals surface area contributed by atoms with Gasteiger partial charge in [0.1, 0.15) is 0 Å². The number of alkyl halides is 3. The number of anilines is 1. The van der Waals surface area contributed by atoms with Crippen LogP contribution in [-0.2, 0) is 6.18 Å². The van der Waals surface area contributed by atoms with E-state index in [2.05, 4.69) is 5.32 Å². The SMILES string of the molecule is CCC(C)(C)CNc1ccc([N+](=O)[O-])cc1C(F)(F)F. The number of hydrogen-bond acceptors (Lipinski definition) is 3. The summed E-state index contributed by atoms with van der Waals surface area (Å²) < 4.78 is 38.8. The van der Waals surface area contributed by atoms with Crippen molar-refractivity contribution in [2.45, 2.75) is 33.4 Å². The third kappa shape index (κ3) is 4.11. The summed E-state index contributed by atoms with van der Waals surface area (Å²) in [5.41, 5.74) is -1.88. The van der Waals surface area contributed by atoms with Gasteiger partial charge in [-0.05, 0) is 17.9 Å². The highest BCUT2D eigenvalue weighted by Gasteiger charge is 2.35. The first kappa shape index (κ1) is 16.3. The molecule has 1 rings (SSSR count). The summed E-state index contributed by atoms with van der Waals surface area (Å²) in [5, 5.41) is 13.3. The Morgan fingerprint density at radius 2 is 1.90 bits per heavy atom. The van der Waals surface area contributed by atoms with Gasteiger partial charge in [0, 0.05) is 24.4 Å². The number of hydrogen-bond donors (Lipinski definition) is 1. The van der Waals surface area contributed by atoms with Gasteiger partial charge in [-0.3, -0.25) is 10.1 Å². The fraction of sp³-hybridized carbons (Fsp3) is 0.538. The van der Waals surface area contributed by atoms with Gasteiger partial charge in [-0.15, -0.1) is 0 Å². The molecule has 0 saturated heterocycles. The van der Waals surface area contributed by atoms with Crippen molar-refractivity contribution >= 4 is 11.4 Å². The van der Waals surface area contributed by atoms with Crippen molar-refractivity contribution in [3.8, 4) is 0 Å². The number of nitro benzene ring substituents is 1. The van der Waals surface area contributed by atoms with Gasteiger partial charge in [-0.1, -0.05) is 20.8 Å². The summed E-state index contributed by atoms with van der Waals surface area (Å²) in [4.78, 5) is 9.73. The maximum atomic E-state index is 12.9. The molecule has 0 aliphatic carbocycles. The van der Waals surface area contributed by atoms with Crippen molar-refractivity contribution in [3.05, 3.63) is 33.9 Å². The molecule has 0 heterocycles. The van der Waals surface area contributed by atoms with E-state index in [1.165, 1.54) is 0 Å². The van der Waals surface area contributed by atoms with Gasteiger partial charge in [0.05, 0.1) is 10.5 Å². The van der Waals surface area contributed by atoms with E-state index in [4.69, 9.17) is 0 Å². The van der Waals surface area contributed by atoms with E-state index in [0.29, 0.717) is 12.6 Å². The molecule has 1 N–H and O–H groups in total. The van der Waals surface area contributed by atoms with Crippen LogP contribution >= 0.6 is 0 Å². The standard InChI is InChI=1S/C13H17F3N2O2/c1-4-12(2,3)8-17-11-6-5-9(18(19)20)7-10(11)13(14,15)16/h5-7,17H,4,8H2,1-3H3. The van der Waals surface area contributed by atoms with Crippen LogP contribution in [-0.4, -0.2) is 11.5 Å². The van der Waals surface area contributed by atoms with E-state index in [1.54, 1.807) is 0 Å². The highest BCUT2D eigenvalue weighted by molar-refractivity contribution is 5.57. The second-order valence-electron chi connectivity index (χ2n) is 5.36. The van der Waals surface area contributed by atoms with E-state index in [-0.39, 0.29) is 11.1 Å². The van der Waals surface area contributed by atoms with Crippen LogP contribution in [0.4, 0.5) is 24.5 Å². The molecule has 0 radical (unpaired) electrons. The van der Waals surface area contributed by atoms with Gasteiger partial charge in [-0.2, -0.15) is 13.2 Å². The molecule has 0 aliphatic rings. The minimum Gasteiger partial charge on any atom is -0.384 e. The number of benzene rings is 1. The van der Waals surface area contributed by atoms with Gasteiger partial charge in [0.15, 0.2) is 0 Å². The molecule has 0 amide bonds. The first-order valence-electron chi connectivity index (χ1n) is 6.16. The molecule has 1 aromatic rings. The minimum absolute atomic E-state index is 0.135. The Bertz CT molecular complexity index is 499. The Hall–Kier alpha value is -1.79. The van der Waals surface area contributed by atoms with E-state index < -0.39 is 22.4 Å². The second-order valence-corrected chi connectivity index (χ2v) is 5.36. The maximum Gasteiger partial charge on any atom is 0.418 e. The average Bonchev–Trinajstić information content (AvgIpc) is 2.35. The van der Waals surface area contributed by atoms with Crippen molar-refractivity contribution in [1.29, 1.82) is 0 Å². The van der Waals surface area contributed by atoms with E-state index in [9.17, 15) is 23.3 Å². The average molecular weight is 290 g/mol. The van der Waals surface area contributed by atoms with Crippen molar-refractivity contribution in [3.63, 3.8) is 0 Å². The van der Waals surface area contributed by atoms with Gasteiger partial charge in [0.25, 0.3) is 5.69 Å².